The van der Waals surface area contributed by atoms with Gasteiger partial charge in [-0.15, -0.1) is 21.5 Å². The molecule has 31 heavy (non-hydrogen) atoms. The van der Waals surface area contributed by atoms with Crippen LogP contribution in [0.15, 0.2) is 46.9 Å². The maximum atomic E-state index is 12.5. The number of hydrogen-bond acceptors (Lipinski definition) is 7. The first-order valence-corrected chi connectivity index (χ1v) is 12.4. The molecule has 0 atom stereocenters. The third-order valence-electron chi connectivity index (χ3n) is 4.93. The Hall–Kier alpha value is -2.75. The second-order valence-corrected chi connectivity index (χ2v) is 10.1. The van der Waals surface area contributed by atoms with Gasteiger partial charge in [-0.1, -0.05) is 52.9 Å². The predicted molar refractivity (Wildman–Crippen MR) is 129 cm³/mol. The van der Waals surface area contributed by atoms with Gasteiger partial charge >= 0.3 is 0 Å². The molecule has 3 heterocycles. The fourth-order valence-corrected chi connectivity index (χ4v) is 6.25. The average molecular weight is 466 g/mol. The van der Waals surface area contributed by atoms with E-state index in [1.807, 2.05) is 28.0 Å². The quantitative estimate of drug-likeness (QED) is 0.336. The van der Waals surface area contributed by atoms with Gasteiger partial charge in [-0.3, -0.25) is 9.20 Å². The number of aryl methyl sites for hydroxylation is 3. The Labute approximate surface area is 191 Å². The van der Waals surface area contributed by atoms with Gasteiger partial charge in [0.2, 0.25) is 10.9 Å². The molecule has 2 aromatic carbocycles. The molecule has 0 saturated carbocycles. The first kappa shape index (κ1) is 20.2. The number of carbonyl (C=O) groups excluding carboxylic acids is 1. The van der Waals surface area contributed by atoms with Crippen molar-refractivity contribution in [3.05, 3.63) is 58.5 Å². The summed E-state index contributed by atoms with van der Waals surface area (Å²) >= 11 is 4.40. The molecule has 0 aliphatic heterocycles. The number of thiazole rings is 2. The molecule has 9 heteroatoms. The first-order chi connectivity index (χ1) is 15.0. The van der Waals surface area contributed by atoms with Gasteiger partial charge in [0.15, 0.2) is 10.3 Å². The van der Waals surface area contributed by atoms with Crippen LogP contribution in [0.2, 0.25) is 0 Å². The number of anilines is 1. The highest BCUT2D eigenvalue weighted by Crippen LogP contribution is 2.32. The van der Waals surface area contributed by atoms with Gasteiger partial charge in [0.05, 0.1) is 21.7 Å². The standard InChI is InChI=1S/C22H19N5OS3/c1-12-8-13(2)19(14(3)9-12)15-10-29-20(23-15)24-18(28)11-30-21-25-26-22-27(21)16-6-4-5-7-17(16)31-22/h4-10H,11H2,1-3H3,(H,23,24,28). The Bertz CT molecular complexity index is 1410. The predicted octanol–water partition coefficient (Wildman–Crippen LogP) is 5.72. The van der Waals surface area contributed by atoms with E-state index in [1.54, 1.807) is 11.3 Å². The van der Waals surface area contributed by atoms with Crippen molar-refractivity contribution in [2.75, 3.05) is 11.1 Å². The van der Waals surface area contributed by atoms with Gasteiger partial charge in [-0.05, 0) is 44.0 Å². The van der Waals surface area contributed by atoms with Crippen molar-refractivity contribution in [2.45, 2.75) is 25.9 Å². The fraction of sp³-hybridized carbons (Fsp3) is 0.182. The molecule has 3 aromatic heterocycles. The molecule has 5 rings (SSSR count). The number of hydrogen-bond donors (Lipinski definition) is 1. The summed E-state index contributed by atoms with van der Waals surface area (Å²) in [6.07, 6.45) is 0. The largest absolute Gasteiger partial charge is 0.301 e. The van der Waals surface area contributed by atoms with Crippen LogP contribution in [0.3, 0.4) is 0 Å². The number of carbonyl (C=O) groups is 1. The van der Waals surface area contributed by atoms with E-state index in [4.69, 9.17) is 0 Å². The third kappa shape index (κ3) is 3.84. The summed E-state index contributed by atoms with van der Waals surface area (Å²) in [4.78, 5) is 18.0. The molecule has 1 amide bonds. The molecule has 156 valence electrons. The highest BCUT2D eigenvalue weighted by Gasteiger charge is 2.16. The van der Waals surface area contributed by atoms with E-state index in [-0.39, 0.29) is 11.7 Å². The number of thioether (sulfide) groups is 1. The van der Waals surface area contributed by atoms with Gasteiger partial charge < -0.3 is 5.32 Å². The number of amides is 1. The summed E-state index contributed by atoms with van der Waals surface area (Å²) in [5, 5.41) is 14.7. The van der Waals surface area contributed by atoms with E-state index in [1.165, 1.54) is 39.8 Å². The minimum Gasteiger partial charge on any atom is -0.301 e. The van der Waals surface area contributed by atoms with Crippen molar-refractivity contribution < 1.29 is 4.79 Å². The molecule has 0 aliphatic rings. The molecule has 5 aromatic rings. The maximum Gasteiger partial charge on any atom is 0.236 e. The molecule has 0 fully saturated rings. The molecule has 0 spiro atoms. The Kier molecular flexibility index (Phi) is 5.25. The van der Waals surface area contributed by atoms with Crippen LogP contribution in [0, 0.1) is 20.8 Å². The van der Waals surface area contributed by atoms with Crippen LogP contribution in [0.25, 0.3) is 26.4 Å². The Morgan fingerprint density at radius 2 is 1.90 bits per heavy atom. The van der Waals surface area contributed by atoms with Crippen LogP contribution < -0.4 is 5.32 Å². The van der Waals surface area contributed by atoms with Crippen molar-refractivity contribution in [1.29, 1.82) is 0 Å². The van der Waals surface area contributed by atoms with Crippen LogP contribution in [-0.2, 0) is 4.79 Å². The van der Waals surface area contributed by atoms with Gasteiger partial charge in [-0.25, -0.2) is 4.98 Å². The van der Waals surface area contributed by atoms with E-state index in [9.17, 15) is 4.79 Å². The van der Waals surface area contributed by atoms with Gasteiger partial charge in [0, 0.05) is 10.9 Å². The topological polar surface area (TPSA) is 72.2 Å². The Morgan fingerprint density at radius 1 is 1.13 bits per heavy atom. The van der Waals surface area contributed by atoms with Gasteiger partial charge in [0.1, 0.15) is 0 Å². The summed E-state index contributed by atoms with van der Waals surface area (Å²) in [6.45, 7) is 6.28. The van der Waals surface area contributed by atoms with E-state index >= 15 is 0 Å². The lowest BCUT2D eigenvalue weighted by molar-refractivity contribution is -0.113. The number of nitrogens with one attached hydrogen (secondary N) is 1. The lowest BCUT2D eigenvalue weighted by Crippen LogP contribution is -2.14. The summed E-state index contributed by atoms with van der Waals surface area (Å²) in [5.41, 5.74) is 6.70. The Morgan fingerprint density at radius 3 is 2.71 bits per heavy atom. The molecule has 0 aliphatic carbocycles. The zero-order valence-electron chi connectivity index (χ0n) is 17.2. The summed E-state index contributed by atoms with van der Waals surface area (Å²) in [7, 11) is 0. The van der Waals surface area contributed by atoms with E-state index in [2.05, 4.69) is 59.5 Å². The van der Waals surface area contributed by atoms with Crippen molar-refractivity contribution in [2.24, 2.45) is 0 Å². The monoisotopic (exact) mass is 465 g/mol. The Balaban J connectivity index is 1.30. The smallest absolute Gasteiger partial charge is 0.236 e. The van der Waals surface area contributed by atoms with Crippen molar-refractivity contribution >= 4 is 60.7 Å². The second-order valence-electron chi connectivity index (χ2n) is 7.32. The zero-order chi connectivity index (χ0) is 21.5. The number of fused-ring (bicyclic) bond motifs is 3. The van der Waals surface area contributed by atoms with E-state index in [0.29, 0.717) is 10.3 Å². The van der Waals surface area contributed by atoms with Crippen LogP contribution in [-0.4, -0.2) is 31.2 Å². The van der Waals surface area contributed by atoms with Crippen LogP contribution in [0.5, 0.6) is 0 Å². The van der Waals surface area contributed by atoms with Gasteiger partial charge in [0.25, 0.3) is 0 Å². The average Bonchev–Trinajstić information content (AvgIpc) is 3.41. The number of para-hydroxylation sites is 1. The normalized spacial score (nSPS) is 11.5. The lowest BCUT2D eigenvalue weighted by atomic mass is 9.98. The number of aromatic nitrogens is 4. The first-order valence-electron chi connectivity index (χ1n) is 9.68. The molecular formula is C22H19N5OS3. The van der Waals surface area contributed by atoms with Gasteiger partial charge in [-0.2, -0.15) is 0 Å². The maximum absolute atomic E-state index is 12.5. The van der Waals surface area contributed by atoms with Crippen LogP contribution >= 0.6 is 34.4 Å². The molecule has 0 radical (unpaired) electrons. The zero-order valence-corrected chi connectivity index (χ0v) is 19.6. The fourth-order valence-electron chi connectivity index (χ4n) is 3.76. The van der Waals surface area contributed by atoms with E-state index < -0.39 is 0 Å². The summed E-state index contributed by atoms with van der Waals surface area (Å²) in [6, 6.07) is 12.4. The highest BCUT2D eigenvalue weighted by atomic mass is 32.2. The summed E-state index contributed by atoms with van der Waals surface area (Å²) in [5.74, 6) is 0.127. The second kappa shape index (κ2) is 8.07. The third-order valence-corrected chi connectivity index (χ3v) is 7.63. The van der Waals surface area contributed by atoms with Crippen molar-refractivity contribution in [3.8, 4) is 11.3 Å². The molecular weight excluding hydrogens is 446 g/mol. The van der Waals surface area contributed by atoms with Crippen LogP contribution in [0.1, 0.15) is 16.7 Å². The van der Waals surface area contributed by atoms with Crippen LogP contribution in [0.4, 0.5) is 5.13 Å². The van der Waals surface area contributed by atoms with Crippen molar-refractivity contribution in [1.82, 2.24) is 19.6 Å². The molecule has 0 saturated heterocycles. The number of benzene rings is 2. The minimum absolute atomic E-state index is 0.112. The molecule has 1 N–H and O–H groups in total. The number of rotatable bonds is 5. The van der Waals surface area contributed by atoms with Crippen molar-refractivity contribution in [3.63, 3.8) is 0 Å². The minimum atomic E-state index is -0.112. The molecule has 6 nitrogen and oxygen atoms in total. The SMILES string of the molecule is Cc1cc(C)c(-c2csc(NC(=O)CSc3nnc4sc5ccccc5n34)n2)c(C)c1. The number of nitrogens with zero attached hydrogens (tertiary/aromatic N) is 4. The summed E-state index contributed by atoms with van der Waals surface area (Å²) < 4.78 is 3.15. The lowest BCUT2D eigenvalue weighted by Gasteiger charge is -2.08. The molecule has 0 unspecified atom stereocenters. The molecule has 0 bridgehead atoms. The highest BCUT2D eigenvalue weighted by molar-refractivity contribution is 7.99. The van der Waals surface area contributed by atoms with E-state index in [0.717, 1.165) is 26.4 Å².